The fraction of sp³-hybridized carbons (Fsp3) is 0.250. The average molecular weight is 414 g/mol. The monoisotopic (exact) mass is 413 g/mol. The molecule has 3 rings (SSSR count). The molecule has 0 radical (unpaired) electrons. The molecule has 0 amide bonds. The summed E-state index contributed by atoms with van der Waals surface area (Å²) in [6.07, 6.45) is 0. The molecule has 1 saturated heterocycles. The SMILES string of the molecule is COc1ccccc1[C@@H]1SCCN1S(=O)(=O)c1ccc(Br)cc1. The third-order valence-corrected chi connectivity index (χ3v) is 7.46. The fourth-order valence-electron chi connectivity index (χ4n) is 2.56. The Morgan fingerprint density at radius 3 is 2.57 bits per heavy atom. The minimum Gasteiger partial charge on any atom is -0.496 e. The topological polar surface area (TPSA) is 46.6 Å². The first kappa shape index (κ1) is 16.8. The summed E-state index contributed by atoms with van der Waals surface area (Å²) in [5, 5.41) is -0.264. The van der Waals surface area contributed by atoms with E-state index in [1.54, 1.807) is 47.4 Å². The Hall–Kier alpha value is -1.02. The van der Waals surface area contributed by atoms with Crippen LogP contribution in [0.3, 0.4) is 0 Å². The van der Waals surface area contributed by atoms with Crippen molar-refractivity contribution in [2.24, 2.45) is 0 Å². The second-order valence-corrected chi connectivity index (χ2v) is 9.03. The number of methoxy groups -OCH3 is 1. The summed E-state index contributed by atoms with van der Waals surface area (Å²) >= 11 is 4.95. The van der Waals surface area contributed by atoms with Gasteiger partial charge in [-0.2, -0.15) is 4.31 Å². The van der Waals surface area contributed by atoms with Crippen molar-refractivity contribution in [1.29, 1.82) is 0 Å². The molecule has 1 fully saturated rings. The maximum atomic E-state index is 13.0. The Morgan fingerprint density at radius 1 is 1.17 bits per heavy atom. The van der Waals surface area contributed by atoms with Crippen molar-refractivity contribution in [3.63, 3.8) is 0 Å². The molecule has 122 valence electrons. The lowest BCUT2D eigenvalue weighted by Crippen LogP contribution is -2.30. The highest BCUT2D eigenvalue weighted by molar-refractivity contribution is 9.10. The zero-order valence-corrected chi connectivity index (χ0v) is 15.7. The van der Waals surface area contributed by atoms with Gasteiger partial charge < -0.3 is 4.74 Å². The van der Waals surface area contributed by atoms with Crippen LogP contribution in [0, 0.1) is 0 Å². The van der Waals surface area contributed by atoms with Gasteiger partial charge in [0, 0.05) is 22.3 Å². The first-order valence-electron chi connectivity index (χ1n) is 7.06. The second-order valence-electron chi connectivity index (χ2n) is 5.03. The van der Waals surface area contributed by atoms with E-state index < -0.39 is 10.0 Å². The number of ether oxygens (including phenoxy) is 1. The van der Waals surface area contributed by atoms with E-state index in [1.807, 2.05) is 24.3 Å². The van der Waals surface area contributed by atoms with E-state index in [9.17, 15) is 8.42 Å². The fourth-order valence-corrected chi connectivity index (χ4v) is 6.08. The van der Waals surface area contributed by atoms with Crippen molar-refractivity contribution < 1.29 is 13.2 Å². The zero-order valence-electron chi connectivity index (χ0n) is 12.5. The quantitative estimate of drug-likeness (QED) is 0.762. The maximum Gasteiger partial charge on any atom is 0.244 e. The number of halogens is 1. The lowest BCUT2D eigenvalue weighted by atomic mass is 10.2. The first-order valence-corrected chi connectivity index (χ1v) is 10.3. The van der Waals surface area contributed by atoms with Gasteiger partial charge >= 0.3 is 0 Å². The van der Waals surface area contributed by atoms with E-state index in [-0.39, 0.29) is 5.37 Å². The van der Waals surface area contributed by atoms with Crippen LogP contribution in [0.4, 0.5) is 0 Å². The van der Waals surface area contributed by atoms with Gasteiger partial charge in [0.05, 0.1) is 17.4 Å². The van der Waals surface area contributed by atoms with Crippen LogP contribution in [0.1, 0.15) is 10.9 Å². The summed E-state index contributed by atoms with van der Waals surface area (Å²) in [6, 6.07) is 14.3. The van der Waals surface area contributed by atoms with E-state index in [2.05, 4.69) is 15.9 Å². The molecular formula is C16H16BrNO3S2. The van der Waals surface area contributed by atoms with E-state index in [4.69, 9.17) is 4.74 Å². The van der Waals surface area contributed by atoms with Crippen LogP contribution in [0.5, 0.6) is 5.75 Å². The standard InChI is InChI=1S/C16H16BrNO3S2/c1-21-15-5-3-2-4-14(15)16-18(10-11-22-16)23(19,20)13-8-6-12(17)7-9-13/h2-9,16H,10-11H2,1H3/t16-/m0/s1. The molecule has 1 atom stereocenters. The molecule has 7 heteroatoms. The lowest BCUT2D eigenvalue weighted by Gasteiger charge is -2.24. The number of benzene rings is 2. The van der Waals surface area contributed by atoms with Gasteiger partial charge in [-0.15, -0.1) is 11.8 Å². The van der Waals surface area contributed by atoms with Gasteiger partial charge in [-0.3, -0.25) is 0 Å². The van der Waals surface area contributed by atoms with Crippen LogP contribution in [0.25, 0.3) is 0 Å². The Labute approximate surface area is 149 Å². The maximum absolute atomic E-state index is 13.0. The largest absolute Gasteiger partial charge is 0.496 e. The Balaban J connectivity index is 1.99. The summed E-state index contributed by atoms with van der Waals surface area (Å²) in [6.45, 7) is 0.492. The van der Waals surface area contributed by atoms with Crippen molar-refractivity contribution in [2.45, 2.75) is 10.3 Å². The smallest absolute Gasteiger partial charge is 0.244 e. The predicted molar refractivity (Wildman–Crippen MR) is 96.2 cm³/mol. The third kappa shape index (κ3) is 3.28. The molecular weight excluding hydrogens is 398 g/mol. The van der Waals surface area contributed by atoms with Crippen molar-refractivity contribution in [3.8, 4) is 5.75 Å². The molecule has 0 N–H and O–H groups in total. The molecule has 0 bridgehead atoms. The average Bonchev–Trinajstić information content (AvgIpc) is 3.05. The molecule has 1 aliphatic heterocycles. The summed E-state index contributed by atoms with van der Waals surface area (Å²) < 4.78 is 33.8. The Kier molecular flexibility index (Phi) is 5.01. The van der Waals surface area contributed by atoms with E-state index >= 15 is 0 Å². The molecule has 4 nitrogen and oxygen atoms in total. The second kappa shape index (κ2) is 6.84. The normalized spacial score (nSPS) is 19.0. The predicted octanol–water partition coefficient (Wildman–Crippen LogP) is 3.89. The number of sulfonamides is 1. The Morgan fingerprint density at radius 2 is 1.87 bits per heavy atom. The molecule has 23 heavy (non-hydrogen) atoms. The van der Waals surface area contributed by atoms with Crippen LogP contribution in [0.15, 0.2) is 57.9 Å². The molecule has 2 aromatic rings. The van der Waals surface area contributed by atoms with Gasteiger partial charge in [-0.25, -0.2) is 8.42 Å². The number of thioether (sulfide) groups is 1. The van der Waals surface area contributed by atoms with Gasteiger partial charge in [0.25, 0.3) is 0 Å². The summed E-state index contributed by atoms with van der Waals surface area (Å²) in [7, 11) is -1.94. The number of hydrogen-bond acceptors (Lipinski definition) is 4. The number of hydrogen-bond donors (Lipinski definition) is 0. The van der Waals surface area contributed by atoms with Gasteiger partial charge in [-0.1, -0.05) is 34.1 Å². The molecule has 0 saturated carbocycles. The van der Waals surface area contributed by atoms with Crippen molar-refractivity contribution in [2.75, 3.05) is 19.4 Å². The van der Waals surface area contributed by atoms with E-state index in [1.165, 1.54) is 0 Å². The molecule has 0 aromatic heterocycles. The molecule has 1 aliphatic rings. The summed E-state index contributed by atoms with van der Waals surface area (Å²) in [5.74, 6) is 1.47. The first-order chi connectivity index (χ1) is 11.0. The molecule has 1 heterocycles. The van der Waals surface area contributed by atoms with Crippen LogP contribution >= 0.6 is 27.7 Å². The van der Waals surface area contributed by atoms with Crippen LogP contribution < -0.4 is 4.74 Å². The molecule has 0 aliphatic carbocycles. The molecule has 0 spiro atoms. The molecule has 2 aromatic carbocycles. The van der Waals surface area contributed by atoms with Gasteiger partial charge in [0.15, 0.2) is 0 Å². The number of para-hydroxylation sites is 1. The highest BCUT2D eigenvalue weighted by atomic mass is 79.9. The number of rotatable bonds is 4. The van der Waals surface area contributed by atoms with Gasteiger partial charge in [0.2, 0.25) is 10.0 Å². The zero-order chi connectivity index (χ0) is 16.4. The summed E-state index contributed by atoms with van der Waals surface area (Å²) in [5.41, 5.74) is 0.887. The van der Waals surface area contributed by atoms with Crippen molar-refractivity contribution in [3.05, 3.63) is 58.6 Å². The van der Waals surface area contributed by atoms with Crippen LogP contribution in [-0.4, -0.2) is 32.1 Å². The van der Waals surface area contributed by atoms with Gasteiger partial charge in [-0.05, 0) is 30.3 Å². The van der Waals surface area contributed by atoms with E-state index in [0.717, 1.165) is 15.8 Å². The van der Waals surface area contributed by atoms with Gasteiger partial charge in [0.1, 0.15) is 5.75 Å². The Bertz CT molecular complexity index is 793. The minimum atomic E-state index is -3.54. The summed E-state index contributed by atoms with van der Waals surface area (Å²) in [4.78, 5) is 0.308. The van der Waals surface area contributed by atoms with Crippen molar-refractivity contribution in [1.82, 2.24) is 4.31 Å². The van der Waals surface area contributed by atoms with Crippen molar-refractivity contribution >= 4 is 37.7 Å². The minimum absolute atomic E-state index is 0.264. The molecule has 0 unspecified atom stereocenters. The third-order valence-electron chi connectivity index (χ3n) is 3.67. The van der Waals surface area contributed by atoms with E-state index in [0.29, 0.717) is 17.2 Å². The number of nitrogens with zero attached hydrogens (tertiary/aromatic N) is 1. The highest BCUT2D eigenvalue weighted by Gasteiger charge is 2.38. The van der Waals surface area contributed by atoms with Crippen LogP contribution in [0.2, 0.25) is 0 Å². The lowest BCUT2D eigenvalue weighted by molar-refractivity contribution is 0.390. The van der Waals surface area contributed by atoms with Crippen LogP contribution in [-0.2, 0) is 10.0 Å². The highest BCUT2D eigenvalue weighted by Crippen LogP contribution is 2.44.